The third-order valence-electron chi connectivity index (χ3n) is 6.12. The first-order chi connectivity index (χ1) is 14.9. The number of likely N-dealkylation sites (tertiary alicyclic amines) is 2. The van der Waals surface area contributed by atoms with Gasteiger partial charge in [-0.15, -0.1) is 0 Å². The molecule has 2 aliphatic heterocycles. The van der Waals surface area contributed by atoms with Gasteiger partial charge in [-0.05, 0) is 50.9 Å². The molecule has 2 aliphatic rings. The fourth-order valence-corrected chi connectivity index (χ4v) is 5.23. The van der Waals surface area contributed by atoms with Gasteiger partial charge in [-0.3, -0.25) is 14.7 Å². The Balaban J connectivity index is 1.49. The molecule has 0 aliphatic carbocycles. The van der Waals surface area contributed by atoms with Crippen LogP contribution in [0, 0.1) is 0 Å². The van der Waals surface area contributed by atoms with Crippen LogP contribution in [0.1, 0.15) is 43.7 Å². The number of hydrogen-bond donors (Lipinski definition) is 0. The second-order valence-corrected chi connectivity index (χ2v) is 10.4. The van der Waals surface area contributed by atoms with Crippen molar-refractivity contribution in [3.05, 3.63) is 36.3 Å². The predicted octanol–water partition coefficient (Wildman–Crippen LogP) is 2.13. The quantitative estimate of drug-likeness (QED) is 0.698. The molecule has 0 unspecified atom stereocenters. The van der Waals surface area contributed by atoms with E-state index < -0.39 is 9.84 Å². The summed E-state index contributed by atoms with van der Waals surface area (Å²) in [4.78, 5) is 30.2. The first kappa shape index (κ1) is 21.8. The molecule has 0 radical (unpaired) electrons. The third kappa shape index (κ3) is 5.27. The van der Waals surface area contributed by atoms with Crippen LogP contribution in [0.15, 0.2) is 35.5 Å². The number of carbonyl (C=O) groups excluding carboxylic acids is 1. The molecule has 0 spiro atoms. The van der Waals surface area contributed by atoms with Gasteiger partial charge in [0.15, 0.2) is 15.7 Å². The summed E-state index contributed by atoms with van der Waals surface area (Å²) in [6.45, 7) is 3.71. The van der Waals surface area contributed by atoms with Crippen molar-refractivity contribution in [2.75, 3.05) is 39.0 Å². The van der Waals surface area contributed by atoms with Crippen molar-refractivity contribution < 1.29 is 13.2 Å². The van der Waals surface area contributed by atoms with E-state index in [1.807, 2.05) is 17.0 Å². The SMILES string of the molecule is CS(=O)(=O)c1cnc(-c2ccccn2)nc1C1CCN(C(=O)CN2CCCCC2)CC1. The summed E-state index contributed by atoms with van der Waals surface area (Å²) in [5, 5.41) is 0. The van der Waals surface area contributed by atoms with Gasteiger partial charge in [-0.2, -0.15) is 0 Å². The van der Waals surface area contributed by atoms with E-state index >= 15 is 0 Å². The van der Waals surface area contributed by atoms with Gasteiger partial charge in [0.2, 0.25) is 5.91 Å². The highest BCUT2D eigenvalue weighted by molar-refractivity contribution is 7.90. The average Bonchev–Trinajstić information content (AvgIpc) is 2.79. The van der Waals surface area contributed by atoms with E-state index in [1.165, 1.54) is 18.9 Å². The molecule has 0 bridgehead atoms. The maximum absolute atomic E-state index is 12.7. The minimum Gasteiger partial charge on any atom is -0.342 e. The van der Waals surface area contributed by atoms with Crippen molar-refractivity contribution in [2.24, 2.45) is 0 Å². The van der Waals surface area contributed by atoms with Crippen molar-refractivity contribution in [2.45, 2.75) is 42.9 Å². The van der Waals surface area contributed by atoms with Crippen LogP contribution in [0.2, 0.25) is 0 Å². The molecule has 2 aromatic heterocycles. The molecule has 0 N–H and O–H groups in total. The minimum absolute atomic E-state index is 0.0331. The van der Waals surface area contributed by atoms with E-state index in [9.17, 15) is 13.2 Å². The lowest BCUT2D eigenvalue weighted by Gasteiger charge is -2.34. The van der Waals surface area contributed by atoms with Crippen LogP contribution >= 0.6 is 0 Å². The second-order valence-electron chi connectivity index (χ2n) is 8.42. The fourth-order valence-electron chi connectivity index (χ4n) is 4.39. The average molecular weight is 444 g/mol. The number of piperidine rings is 2. The number of pyridine rings is 1. The molecule has 4 rings (SSSR count). The molecule has 31 heavy (non-hydrogen) atoms. The summed E-state index contributed by atoms with van der Waals surface area (Å²) in [6.07, 6.45) is 9.20. The van der Waals surface area contributed by atoms with Gasteiger partial charge in [0, 0.05) is 37.7 Å². The van der Waals surface area contributed by atoms with Gasteiger partial charge >= 0.3 is 0 Å². The highest BCUT2D eigenvalue weighted by Gasteiger charge is 2.30. The Labute approximate surface area is 183 Å². The van der Waals surface area contributed by atoms with Crippen molar-refractivity contribution in [1.29, 1.82) is 0 Å². The van der Waals surface area contributed by atoms with E-state index in [4.69, 9.17) is 0 Å². The highest BCUT2D eigenvalue weighted by Crippen LogP contribution is 2.32. The normalized spacial score (nSPS) is 18.8. The van der Waals surface area contributed by atoms with Gasteiger partial charge in [0.1, 0.15) is 10.6 Å². The first-order valence-electron chi connectivity index (χ1n) is 10.9. The molecule has 2 saturated heterocycles. The summed E-state index contributed by atoms with van der Waals surface area (Å²) in [7, 11) is -3.46. The largest absolute Gasteiger partial charge is 0.342 e. The molecular weight excluding hydrogens is 414 g/mol. The molecule has 0 aromatic carbocycles. The number of hydrogen-bond acceptors (Lipinski definition) is 7. The monoisotopic (exact) mass is 443 g/mol. The lowest BCUT2D eigenvalue weighted by atomic mass is 9.93. The molecule has 2 aromatic rings. The predicted molar refractivity (Wildman–Crippen MR) is 117 cm³/mol. The van der Waals surface area contributed by atoms with E-state index in [1.54, 1.807) is 12.3 Å². The smallest absolute Gasteiger partial charge is 0.236 e. The van der Waals surface area contributed by atoms with Crippen molar-refractivity contribution >= 4 is 15.7 Å². The summed E-state index contributed by atoms with van der Waals surface area (Å²) in [5.74, 6) is 0.557. The Morgan fingerprint density at radius 2 is 1.81 bits per heavy atom. The zero-order valence-electron chi connectivity index (χ0n) is 17.9. The maximum Gasteiger partial charge on any atom is 0.236 e. The molecule has 8 nitrogen and oxygen atoms in total. The topological polar surface area (TPSA) is 96.4 Å². The molecule has 166 valence electrons. The summed E-state index contributed by atoms with van der Waals surface area (Å²) in [5.41, 5.74) is 1.15. The van der Waals surface area contributed by atoms with Gasteiger partial charge in [-0.1, -0.05) is 12.5 Å². The lowest BCUT2D eigenvalue weighted by Crippen LogP contribution is -2.45. The van der Waals surface area contributed by atoms with Crippen LogP contribution in [0.3, 0.4) is 0 Å². The van der Waals surface area contributed by atoms with Crippen LogP contribution in [0.25, 0.3) is 11.5 Å². The standard InChI is InChI=1S/C22H29N5O3S/c1-31(29,30)19-15-24-22(18-7-3-4-10-23-18)25-21(19)17-8-13-27(14-9-17)20(28)16-26-11-5-2-6-12-26/h3-4,7,10,15,17H,2,5-6,8-9,11-14,16H2,1H3. The van der Waals surface area contributed by atoms with E-state index in [-0.39, 0.29) is 16.7 Å². The van der Waals surface area contributed by atoms with Gasteiger partial charge in [0.05, 0.1) is 12.2 Å². The Hall–Kier alpha value is -2.39. The van der Waals surface area contributed by atoms with Crippen LogP contribution in [0.5, 0.6) is 0 Å². The van der Waals surface area contributed by atoms with Gasteiger partial charge in [0.25, 0.3) is 0 Å². The molecule has 1 amide bonds. The van der Waals surface area contributed by atoms with Crippen molar-refractivity contribution in [1.82, 2.24) is 24.8 Å². The van der Waals surface area contributed by atoms with E-state index in [0.29, 0.717) is 49.7 Å². The minimum atomic E-state index is -3.46. The van der Waals surface area contributed by atoms with Gasteiger partial charge in [-0.25, -0.2) is 18.4 Å². The molecule has 0 saturated carbocycles. The van der Waals surface area contributed by atoms with Crippen molar-refractivity contribution in [3.63, 3.8) is 0 Å². The molecular formula is C22H29N5O3S. The molecule has 9 heteroatoms. The Morgan fingerprint density at radius 3 is 2.45 bits per heavy atom. The number of nitrogens with zero attached hydrogens (tertiary/aromatic N) is 5. The van der Waals surface area contributed by atoms with Gasteiger partial charge < -0.3 is 4.90 Å². The Morgan fingerprint density at radius 1 is 1.06 bits per heavy atom. The second kappa shape index (κ2) is 9.40. The zero-order valence-corrected chi connectivity index (χ0v) is 18.7. The van der Waals surface area contributed by atoms with Crippen LogP contribution < -0.4 is 0 Å². The molecule has 0 atom stereocenters. The van der Waals surface area contributed by atoms with Crippen LogP contribution in [-0.2, 0) is 14.6 Å². The van der Waals surface area contributed by atoms with E-state index in [0.717, 1.165) is 25.9 Å². The summed E-state index contributed by atoms with van der Waals surface area (Å²) >= 11 is 0. The maximum atomic E-state index is 12.7. The number of sulfone groups is 1. The zero-order chi connectivity index (χ0) is 21.8. The number of amides is 1. The van der Waals surface area contributed by atoms with Crippen LogP contribution in [0.4, 0.5) is 0 Å². The van der Waals surface area contributed by atoms with E-state index in [2.05, 4.69) is 19.9 Å². The first-order valence-corrected chi connectivity index (χ1v) is 12.8. The third-order valence-corrected chi connectivity index (χ3v) is 7.23. The highest BCUT2D eigenvalue weighted by atomic mass is 32.2. The van der Waals surface area contributed by atoms with Crippen LogP contribution in [-0.4, -0.2) is 78.1 Å². The Bertz CT molecular complexity index is 1010. The molecule has 2 fully saturated rings. The number of aromatic nitrogens is 3. The lowest BCUT2D eigenvalue weighted by molar-refractivity contribution is -0.133. The Kier molecular flexibility index (Phi) is 6.62. The molecule has 4 heterocycles. The summed E-state index contributed by atoms with van der Waals surface area (Å²) < 4.78 is 24.7. The number of rotatable bonds is 5. The number of carbonyl (C=O) groups is 1. The summed E-state index contributed by atoms with van der Waals surface area (Å²) in [6, 6.07) is 5.47. The fraction of sp³-hybridized carbons (Fsp3) is 0.545. The van der Waals surface area contributed by atoms with Crippen molar-refractivity contribution in [3.8, 4) is 11.5 Å².